The predicted octanol–water partition coefficient (Wildman–Crippen LogP) is 3.35. The molecule has 0 saturated carbocycles. The van der Waals surface area contributed by atoms with Gasteiger partial charge in [-0.15, -0.1) is 11.3 Å². The summed E-state index contributed by atoms with van der Waals surface area (Å²) < 4.78 is 1.23. The lowest BCUT2D eigenvalue weighted by Gasteiger charge is -2.09. The van der Waals surface area contributed by atoms with Crippen molar-refractivity contribution in [2.24, 2.45) is 0 Å². The third kappa shape index (κ3) is 2.25. The molecule has 0 aliphatic rings. The zero-order chi connectivity index (χ0) is 12.4. The van der Waals surface area contributed by atoms with Crippen LogP contribution < -0.4 is 9.75 Å². The fourth-order valence-electron chi connectivity index (χ4n) is 1.92. The van der Waals surface area contributed by atoms with E-state index in [-0.39, 0.29) is 0 Å². The third-order valence-electron chi connectivity index (χ3n) is 3.01. The van der Waals surface area contributed by atoms with Crippen molar-refractivity contribution in [3.05, 3.63) is 63.2 Å². The first-order chi connectivity index (χ1) is 8.11. The normalized spacial score (nSPS) is 12.4. The maximum atomic E-state index is 4.22. The Balaban J connectivity index is 2.59. The van der Waals surface area contributed by atoms with Crippen LogP contribution >= 0.6 is 11.3 Å². The van der Waals surface area contributed by atoms with Gasteiger partial charge < -0.3 is 0 Å². The van der Waals surface area contributed by atoms with E-state index in [9.17, 15) is 0 Å². The zero-order valence-electron chi connectivity index (χ0n) is 10.3. The Morgan fingerprint density at radius 3 is 2.47 bits per heavy atom. The van der Waals surface area contributed by atoms with E-state index in [1.165, 1.54) is 21.2 Å². The van der Waals surface area contributed by atoms with Crippen LogP contribution in [0.5, 0.6) is 0 Å². The van der Waals surface area contributed by atoms with Gasteiger partial charge in [-0.05, 0) is 52.8 Å². The fourth-order valence-corrected chi connectivity index (χ4v) is 2.80. The Labute approximate surface area is 106 Å². The molecule has 1 heterocycles. The highest BCUT2D eigenvalue weighted by Crippen LogP contribution is 2.23. The van der Waals surface area contributed by atoms with Crippen molar-refractivity contribution in [2.45, 2.75) is 13.8 Å². The topological polar surface area (TPSA) is 0 Å². The molecule has 17 heavy (non-hydrogen) atoms. The molecule has 86 valence electrons. The van der Waals surface area contributed by atoms with Crippen molar-refractivity contribution in [2.75, 3.05) is 0 Å². The molecule has 0 bridgehead atoms. The van der Waals surface area contributed by atoms with Crippen LogP contribution in [-0.4, -0.2) is 0 Å². The molecular weight excluding hydrogens is 224 g/mol. The van der Waals surface area contributed by atoms with Gasteiger partial charge in [0, 0.05) is 4.53 Å². The van der Waals surface area contributed by atoms with E-state index in [4.69, 9.17) is 0 Å². The number of aryl methyl sites for hydroxylation is 1. The number of allylic oxidation sites excluding steroid dienone is 1. The summed E-state index contributed by atoms with van der Waals surface area (Å²) in [5.41, 5.74) is 4.80. The van der Waals surface area contributed by atoms with Crippen molar-refractivity contribution < 1.29 is 0 Å². The Morgan fingerprint density at radius 1 is 1.18 bits per heavy atom. The van der Waals surface area contributed by atoms with Crippen molar-refractivity contribution in [3.8, 4) is 0 Å². The van der Waals surface area contributed by atoms with Gasteiger partial charge in [-0.3, -0.25) is 0 Å². The van der Waals surface area contributed by atoms with Gasteiger partial charge >= 0.3 is 0 Å². The first-order valence-electron chi connectivity index (χ1n) is 5.60. The quantitative estimate of drug-likeness (QED) is 0.755. The summed E-state index contributed by atoms with van der Waals surface area (Å²) in [5.74, 6) is 0. The van der Waals surface area contributed by atoms with E-state index in [1.807, 2.05) is 0 Å². The van der Waals surface area contributed by atoms with Crippen LogP contribution in [0.1, 0.15) is 18.1 Å². The average molecular weight is 240 g/mol. The SMILES string of the molecule is C=C(/C(C)=c1/sccc1=C)c1ccccc1C. The van der Waals surface area contributed by atoms with Crippen LogP contribution in [0.25, 0.3) is 17.7 Å². The minimum Gasteiger partial charge on any atom is -0.144 e. The molecule has 0 nitrogen and oxygen atoms in total. The van der Waals surface area contributed by atoms with Crippen LogP contribution in [-0.2, 0) is 0 Å². The molecule has 1 aromatic heterocycles. The molecular formula is C16H16S. The third-order valence-corrected chi connectivity index (χ3v) is 4.09. The van der Waals surface area contributed by atoms with Crippen molar-refractivity contribution in [3.63, 3.8) is 0 Å². The van der Waals surface area contributed by atoms with E-state index >= 15 is 0 Å². The average Bonchev–Trinajstić information content (AvgIpc) is 2.74. The Morgan fingerprint density at radius 2 is 1.88 bits per heavy atom. The molecule has 1 heteroatoms. The number of hydrogen-bond acceptors (Lipinski definition) is 1. The Hall–Kier alpha value is -1.60. The molecule has 0 fully saturated rings. The highest BCUT2D eigenvalue weighted by Gasteiger charge is 2.05. The van der Waals surface area contributed by atoms with E-state index in [1.54, 1.807) is 11.3 Å². The summed E-state index contributed by atoms with van der Waals surface area (Å²) >= 11 is 1.73. The lowest BCUT2D eigenvalue weighted by atomic mass is 9.97. The molecule has 0 atom stereocenters. The number of thiophene rings is 1. The van der Waals surface area contributed by atoms with E-state index in [2.05, 4.69) is 62.7 Å². The molecule has 2 rings (SSSR count). The Kier molecular flexibility index (Phi) is 3.30. The maximum absolute atomic E-state index is 4.22. The van der Waals surface area contributed by atoms with Crippen molar-refractivity contribution in [1.82, 2.24) is 0 Å². The number of benzene rings is 1. The standard InChI is InChI=1S/C16H16S/c1-11-7-5-6-8-15(11)13(3)14(4)16-12(2)9-10-17-16/h5-10H,2-3H2,1,4H3/b16-14+. The van der Waals surface area contributed by atoms with Gasteiger partial charge in [-0.1, -0.05) is 37.4 Å². The number of rotatable bonds is 2. The monoisotopic (exact) mass is 240 g/mol. The second-order valence-electron chi connectivity index (χ2n) is 4.19. The van der Waals surface area contributed by atoms with Gasteiger partial charge in [0.2, 0.25) is 0 Å². The maximum Gasteiger partial charge on any atom is 0.0371 e. The molecule has 0 N–H and O–H groups in total. The van der Waals surface area contributed by atoms with E-state index in [0.717, 1.165) is 10.8 Å². The summed E-state index contributed by atoms with van der Waals surface area (Å²) in [6, 6.07) is 10.4. The summed E-state index contributed by atoms with van der Waals surface area (Å²) in [6.45, 7) is 12.5. The molecule has 0 radical (unpaired) electrons. The second kappa shape index (κ2) is 4.72. The van der Waals surface area contributed by atoms with Crippen LogP contribution in [0.4, 0.5) is 0 Å². The summed E-state index contributed by atoms with van der Waals surface area (Å²) in [4.78, 5) is 0. The van der Waals surface area contributed by atoms with Gasteiger partial charge in [0.25, 0.3) is 0 Å². The van der Waals surface area contributed by atoms with E-state index in [0.29, 0.717) is 0 Å². The Bertz CT molecular complexity index is 659. The van der Waals surface area contributed by atoms with Crippen molar-refractivity contribution >= 4 is 29.1 Å². The smallest absolute Gasteiger partial charge is 0.0371 e. The second-order valence-corrected chi connectivity index (χ2v) is 5.11. The first kappa shape index (κ1) is 11.9. The molecule has 0 unspecified atom stereocenters. The minimum absolute atomic E-state index is 1.09. The lowest BCUT2D eigenvalue weighted by molar-refractivity contribution is 1.43. The predicted molar refractivity (Wildman–Crippen MR) is 78.4 cm³/mol. The minimum atomic E-state index is 1.09. The molecule has 0 amide bonds. The van der Waals surface area contributed by atoms with Gasteiger partial charge in [-0.25, -0.2) is 0 Å². The van der Waals surface area contributed by atoms with Crippen LogP contribution in [0.2, 0.25) is 0 Å². The molecule has 0 spiro atoms. The summed E-state index contributed by atoms with van der Waals surface area (Å²) in [5, 5.41) is 3.16. The highest BCUT2D eigenvalue weighted by atomic mass is 32.1. The molecule has 0 aliphatic carbocycles. The fraction of sp³-hybridized carbons (Fsp3) is 0.125. The zero-order valence-corrected chi connectivity index (χ0v) is 11.1. The van der Waals surface area contributed by atoms with Crippen LogP contribution in [0.15, 0.2) is 42.3 Å². The number of hydrogen-bond donors (Lipinski definition) is 0. The lowest BCUT2D eigenvalue weighted by Crippen LogP contribution is -2.18. The van der Waals surface area contributed by atoms with Gasteiger partial charge in [-0.2, -0.15) is 0 Å². The van der Waals surface area contributed by atoms with Crippen LogP contribution in [0, 0.1) is 6.92 Å². The molecule has 0 saturated heterocycles. The van der Waals surface area contributed by atoms with Gasteiger partial charge in [0.1, 0.15) is 0 Å². The van der Waals surface area contributed by atoms with Gasteiger partial charge in [0.05, 0.1) is 0 Å². The molecule has 0 aliphatic heterocycles. The molecule has 1 aromatic carbocycles. The first-order valence-corrected chi connectivity index (χ1v) is 6.48. The summed E-state index contributed by atoms with van der Waals surface area (Å²) in [7, 11) is 0. The van der Waals surface area contributed by atoms with Gasteiger partial charge in [0.15, 0.2) is 0 Å². The summed E-state index contributed by atoms with van der Waals surface area (Å²) in [6.07, 6.45) is 0. The molecule has 2 aromatic rings. The highest BCUT2D eigenvalue weighted by molar-refractivity contribution is 7.07. The van der Waals surface area contributed by atoms with E-state index < -0.39 is 0 Å². The largest absolute Gasteiger partial charge is 0.144 e. The van der Waals surface area contributed by atoms with Crippen LogP contribution in [0.3, 0.4) is 0 Å². The van der Waals surface area contributed by atoms with Crippen molar-refractivity contribution in [1.29, 1.82) is 0 Å².